The molecule has 1 aromatic carbocycles. The van der Waals surface area contributed by atoms with E-state index in [0.29, 0.717) is 6.61 Å². The Labute approximate surface area is 112 Å². The zero-order valence-corrected chi connectivity index (χ0v) is 11.4. The van der Waals surface area contributed by atoms with Crippen LogP contribution in [0.1, 0.15) is 19.8 Å². The van der Waals surface area contributed by atoms with Gasteiger partial charge in [0, 0.05) is 18.3 Å². The second-order valence-electron chi connectivity index (χ2n) is 4.65. The predicted molar refractivity (Wildman–Crippen MR) is 69.6 cm³/mol. The van der Waals surface area contributed by atoms with Crippen LogP contribution < -0.4 is 10.5 Å². The fourth-order valence-electron chi connectivity index (χ4n) is 2.11. The molecule has 0 radical (unpaired) electrons. The topological polar surface area (TPSA) is 81.4 Å². The second kappa shape index (κ2) is 5.44. The van der Waals surface area contributed by atoms with E-state index in [2.05, 4.69) is 4.72 Å². The summed E-state index contributed by atoms with van der Waals surface area (Å²) in [5, 5.41) is 0. The molecule has 19 heavy (non-hydrogen) atoms. The highest BCUT2D eigenvalue weighted by molar-refractivity contribution is 7.89. The average Bonchev–Trinajstić information content (AvgIpc) is 2.85. The number of nitrogens with one attached hydrogen (secondary N) is 1. The number of hydrogen-bond acceptors (Lipinski definition) is 4. The summed E-state index contributed by atoms with van der Waals surface area (Å²) in [4.78, 5) is -0.433. The number of nitrogen functional groups attached to an aromatic ring is 1. The maximum atomic E-state index is 13.6. The van der Waals surface area contributed by atoms with Crippen LogP contribution in [0.2, 0.25) is 0 Å². The lowest BCUT2D eigenvalue weighted by atomic mass is 10.1. The molecule has 2 rings (SSSR count). The molecule has 0 aromatic heterocycles. The van der Waals surface area contributed by atoms with Crippen LogP contribution in [0, 0.1) is 5.82 Å². The van der Waals surface area contributed by atoms with Gasteiger partial charge < -0.3 is 10.5 Å². The van der Waals surface area contributed by atoms with Crippen molar-refractivity contribution < 1.29 is 17.5 Å². The number of nitrogens with two attached hydrogens (primary N) is 1. The molecule has 1 aliphatic heterocycles. The van der Waals surface area contributed by atoms with Crippen LogP contribution in [0.4, 0.5) is 10.1 Å². The van der Waals surface area contributed by atoms with Crippen molar-refractivity contribution >= 4 is 15.7 Å². The summed E-state index contributed by atoms with van der Waals surface area (Å²) in [6.45, 7) is 2.33. The zero-order valence-electron chi connectivity index (χ0n) is 10.6. The highest BCUT2D eigenvalue weighted by Gasteiger charge is 2.28. The minimum absolute atomic E-state index is 0.168. The number of halogens is 1. The molecule has 2 atom stereocenters. The van der Waals surface area contributed by atoms with Crippen LogP contribution in [-0.4, -0.2) is 27.2 Å². The van der Waals surface area contributed by atoms with Gasteiger partial charge in [-0.25, -0.2) is 17.5 Å². The Kier molecular flexibility index (Phi) is 4.07. The molecule has 5 nitrogen and oxygen atoms in total. The fraction of sp³-hybridized carbons (Fsp3) is 0.500. The van der Waals surface area contributed by atoms with E-state index >= 15 is 0 Å². The first-order chi connectivity index (χ1) is 8.90. The Morgan fingerprint density at radius 1 is 1.53 bits per heavy atom. The normalized spacial score (nSPS) is 21.5. The number of sulfonamides is 1. The molecule has 1 aliphatic rings. The molecule has 0 spiro atoms. The molecule has 7 heteroatoms. The van der Waals surface area contributed by atoms with E-state index in [1.807, 2.05) is 0 Å². The van der Waals surface area contributed by atoms with Crippen LogP contribution in [0.3, 0.4) is 0 Å². The molecule has 3 N–H and O–H groups in total. The van der Waals surface area contributed by atoms with Gasteiger partial charge in [0.15, 0.2) is 0 Å². The van der Waals surface area contributed by atoms with Crippen LogP contribution >= 0.6 is 0 Å². The van der Waals surface area contributed by atoms with Crippen molar-refractivity contribution in [3.8, 4) is 0 Å². The van der Waals surface area contributed by atoms with Gasteiger partial charge in [-0.1, -0.05) is 0 Å². The van der Waals surface area contributed by atoms with Crippen LogP contribution in [0.5, 0.6) is 0 Å². The minimum Gasteiger partial charge on any atom is -0.399 e. The Morgan fingerprint density at radius 2 is 2.26 bits per heavy atom. The first-order valence-corrected chi connectivity index (χ1v) is 7.57. The smallest absolute Gasteiger partial charge is 0.243 e. The molecule has 1 saturated heterocycles. The van der Waals surface area contributed by atoms with E-state index in [1.165, 1.54) is 6.07 Å². The standard InChI is InChI=1S/C12H17FN2O3S/c1-8(11-3-2-6-18-11)15-19(16,17)12-7-9(14)4-5-10(12)13/h4-5,7-8,11,15H,2-3,6,14H2,1H3. The van der Waals surface area contributed by atoms with Gasteiger partial charge in [0.25, 0.3) is 0 Å². The monoisotopic (exact) mass is 288 g/mol. The molecule has 0 aliphatic carbocycles. The van der Waals surface area contributed by atoms with Crippen molar-refractivity contribution in [2.75, 3.05) is 12.3 Å². The molecular formula is C12H17FN2O3S. The van der Waals surface area contributed by atoms with Crippen molar-refractivity contribution in [3.63, 3.8) is 0 Å². The Bertz CT molecular complexity index is 556. The number of benzene rings is 1. The first kappa shape index (κ1) is 14.2. The van der Waals surface area contributed by atoms with Crippen LogP contribution in [-0.2, 0) is 14.8 Å². The van der Waals surface area contributed by atoms with E-state index in [0.717, 1.165) is 25.0 Å². The summed E-state index contributed by atoms with van der Waals surface area (Å²) >= 11 is 0. The van der Waals surface area contributed by atoms with E-state index in [9.17, 15) is 12.8 Å². The molecule has 1 aromatic rings. The van der Waals surface area contributed by atoms with Gasteiger partial charge in [0.2, 0.25) is 10.0 Å². The number of ether oxygens (including phenoxy) is 1. The second-order valence-corrected chi connectivity index (χ2v) is 6.33. The van der Waals surface area contributed by atoms with Gasteiger partial charge >= 0.3 is 0 Å². The van der Waals surface area contributed by atoms with Gasteiger partial charge in [0.1, 0.15) is 10.7 Å². The van der Waals surface area contributed by atoms with Crippen molar-refractivity contribution in [1.82, 2.24) is 4.72 Å². The van der Waals surface area contributed by atoms with Crippen molar-refractivity contribution in [1.29, 1.82) is 0 Å². The highest BCUT2D eigenvalue weighted by atomic mass is 32.2. The summed E-state index contributed by atoms with van der Waals surface area (Å²) in [6, 6.07) is 3.06. The third-order valence-corrected chi connectivity index (χ3v) is 4.68. The third-order valence-electron chi connectivity index (χ3n) is 3.11. The molecule has 0 bridgehead atoms. The molecule has 106 valence electrons. The summed E-state index contributed by atoms with van der Waals surface area (Å²) in [6.07, 6.45) is 1.53. The third kappa shape index (κ3) is 3.23. The Hall–Kier alpha value is -1.18. The quantitative estimate of drug-likeness (QED) is 0.817. The van der Waals surface area contributed by atoms with Crippen molar-refractivity contribution in [3.05, 3.63) is 24.0 Å². The zero-order chi connectivity index (χ0) is 14.0. The van der Waals surface area contributed by atoms with Gasteiger partial charge in [-0.3, -0.25) is 0 Å². The van der Waals surface area contributed by atoms with Crippen LogP contribution in [0.25, 0.3) is 0 Å². The fourth-order valence-corrected chi connectivity index (χ4v) is 3.49. The Morgan fingerprint density at radius 3 is 2.89 bits per heavy atom. The van der Waals surface area contributed by atoms with E-state index in [1.54, 1.807) is 6.92 Å². The van der Waals surface area contributed by atoms with E-state index < -0.39 is 26.8 Å². The van der Waals surface area contributed by atoms with Crippen LogP contribution in [0.15, 0.2) is 23.1 Å². The number of rotatable bonds is 4. The van der Waals surface area contributed by atoms with E-state index in [-0.39, 0.29) is 11.8 Å². The highest BCUT2D eigenvalue weighted by Crippen LogP contribution is 2.20. The lowest BCUT2D eigenvalue weighted by Gasteiger charge is -2.20. The lowest BCUT2D eigenvalue weighted by molar-refractivity contribution is 0.0902. The number of hydrogen-bond donors (Lipinski definition) is 2. The largest absolute Gasteiger partial charge is 0.399 e. The van der Waals surface area contributed by atoms with Gasteiger partial charge in [-0.05, 0) is 38.0 Å². The molecule has 1 fully saturated rings. The van der Waals surface area contributed by atoms with E-state index in [4.69, 9.17) is 10.5 Å². The van der Waals surface area contributed by atoms with Gasteiger partial charge in [-0.2, -0.15) is 0 Å². The van der Waals surface area contributed by atoms with Gasteiger partial charge in [-0.15, -0.1) is 0 Å². The SMILES string of the molecule is CC(NS(=O)(=O)c1cc(N)ccc1F)C1CCCO1. The molecule has 0 saturated carbocycles. The lowest BCUT2D eigenvalue weighted by Crippen LogP contribution is -2.41. The summed E-state index contributed by atoms with van der Waals surface area (Å²) in [5.74, 6) is -0.818. The molecule has 1 heterocycles. The van der Waals surface area contributed by atoms with Gasteiger partial charge in [0.05, 0.1) is 6.10 Å². The number of anilines is 1. The first-order valence-electron chi connectivity index (χ1n) is 6.09. The predicted octanol–water partition coefficient (Wildman–Crippen LogP) is 1.25. The minimum atomic E-state index is -3.94. The maximum absolute atomic E-state index is 13.6. The summed E-state index contributed by atoms with van der Waals surface area (Å²) in [5.41, 5.74) is 5.69. The summed E-state index contributed by atoms with van der Waals surface area (Å²) < 4.78 is 45.6. The summed E-state index contributed by atoms with van der Waals surface area (Å²) in [7, 11) is -3.94. The maximum Gasteiger partial charge on any atom is 0.243 e. The average molecular weight is 288 g/mol. The Balaban J connectivity index is 2.19. The molecule has 0 amide bonds. The van der Waals surface area contributed by atoms with Crippen molar-refractivity contribution in [2.24, 2.45) is 0 Å². The molecular weight excluding hydrogens is 271 g/mol. The molecule has 2 unspecified atom stereocenters. The van der Waals surface area contributed by atoms with Crippen molar-refractivity contribution in [2.45, 2.75) is 36.8 Å².